The van der Waals surface area contributed by atoms with E-state index in [0.717, 1.165) is 16.6 Å². The van der Waals surface area contributed by atoms with Gasteiger partial charge in [0.05, 0.1) is 11.1 Å². The minimum Gasteiger partial charge on any atom is -0.353 e. The molecule has 3 aromatic rings. The topological polar surface area (TPSA) is 46.3 Å². The Morgan fingerprint density at radius 3 is 2.00 bits per heavy atom. The van der Waals surface area contributed by atoms with Gasteiger partial charge in [0.1, 0.15) is 13.1 Å². The van der Waals surface area contributed by atoms with Gasteiger partial charge < -0.3 is 4.90 Å². The number of aromatic nitrogens is 4. The maximum absolute atomic E-state index is 13.4. The predicted octanol–water partition coefficient (Wildman–Crippen LogP) is 4.23. The highest BCUT2D eigenvalue weighted by molar-refractivity contribution is 5.88. The molecule has 0 bridgehead atoms. The number of tetrazole rings is 1. The zero-order chi connectivity index (χ0) is 20.9. The molecule has 0 aliphatic carbocycles. The second kappa shape index (κ2) is 6.38. The molecular formula is C14H8F9N5. The molecule has 3 rings (SSSR count). The van der Waals surface area contributed by atoms with E-state index in [-0.39, 0.29) is 16.1 Å². The first-order valence-electron chi connectivity index (χ1n) is 7.35. The third-order valence-corrected chi connectivity index (χ3v) is 3.68. The Kier molecular flexibility index (Phi) is 4.54. The van der Waals surface area contributed by atoms with E-state index in [1.165, 1.54) is 0 Å². The average Bonchev–Trinajstić information content (AvgIpc) is 2.98. The number of rotatable bonds is 3. The summed E-state index contributed by atoms with van der Waals surface area (Å²) in [5.41, 5.74) is -2.47. The van der Waals surface area contributed by atoms with Crippen LogP contribution < -0.4 is 4.90 Å². The van der Waals surface area contributed by atoms with E-state index in [0.29, 0.717) is 12.1 Å². The van der Waals surface area contributed by atoms with Crippen LogP contribution in [-0.4, -0.2) is 45.5 Å². The van der Waals surface area contributed by atoms with E-state index >= 15 is 0 Å². The molecule has 2 heterocycles. The van der Waals surface area contributed by atoms with Crippen LogP contribution in [0.2, 0.25) is 0 Å². The highest BCUT2D eigenvalue weighted by Crippen LogP contribution is 2.37. The van der Waals surface area contributed by atoms with E-state index < -0.39 is 48.3 Å². The summed E-state index contributed by atoms with van der Waals surface area (Å²) in [5, 5.41) is 9.45. The van der Waals surface area contributed by atoms with Crippen molar-refractivity contribution in [2.75, 3.05) is 18.0 Å². The highest BCUT2D eigenvalue weighted by Gasteiger charge is 2.38. The normalized spacial score (nSPS) is 13.5. The zero-order valence-electron chi connectivity index (χ0n) is 13.4. The molecule has 0 saturated heterocycles. The molecular weight excluding hydrogens is 409 g/mol. The number of alkyl halides is 9. The molecule has 0 aliphatic rings. The standard InChI is InChI=1S/C14H8F9N5/c15-12(16,17)5-27(6-13(18,19)20)7-1-2-10-8(3-7)9(14(21,22)23)4-11-24-25-26-28(10)11/h1-4H,5-6H2. The number of hydrogen-bond acceptors (Lipinski definition) is 4. The molecule has 0 amide bonds. The van der Waals surface area contributed by atoms with Crippen LogP contribution in [0, 0.1) is 0 Å². The Morgan fingerprint density at radius 1 is 0.857 bits per heavy atom. The fourth-order valence-corrected chi connectivity index (χ4v) is 2.69. The molecule has 0 aliphatic heterocycles. The van der Waals surface area contributed by atoms with Crippen molar-refractivity contribution in [3.63, 3.8) is 0 Å². The summed E-state index contributed by atoms with van der Waals surface area (Å²) in [6, 6.07) is 2.95. The largest absolute Gasteiger partial charge is 0.417 e. The molecule has 28 heavy (non-hydrogen) atoms. The average molecular weight is 417 g/mol. The van der Waals surface area contributed by atoms with E-state index in [4.69, 9.17) is 0 Å². The number of fused-ring (bicyclic) bond motifs is 3. The number of hydrogen-bond donors (Lipinski definition) is 0. The summed E-state index contributed by atoms with van der Waals surface area (Å²) < 4.78 is 117. The molecule has 0 spiro atoms. The Morgan fingerprint density at radius 2 is 1.46 bits per heavy atom. The maximum atomic E-state index is 13.4. The van der Waals surface area contributed by atoms with Gasteiger partial charge in [0.25, 0.3) is 0 Å². The molecule has 2 aromatic heterocycles. The number of benzene rings is 1. The number of nitrogens with zero attached hydrogens (tertiary/aromatic N) is 5. The quantitative estimate of drug-likeness (QED) is 0.599. The molecule has 0 radical (unpaired) electrons. The van der Waals surface area contributed by atoms with Crippen LogP contribution in [0.15, 0.2) is 24.3 Å². The first-order chi connectivity index (χ1) is 12.7. The molecule has 0 atom stereocenters. The molecule has 14 heteroatoms. The van der Waals surface area contributed by atoms with Crippen molar-refractivity contribution < 1.29 is 39.5 Å². The third kappa shape index (κ3) is 4.20. The predicted molar refractivity (Wildman–Crippen MR) is 77.6 cm³/mol. The number of pyridine rings is 1. The van der Waals surface area contributed by atoms with Crippen molar-refractivity contribution in [1.29, 1.82) is 0 Å². The minimum atomic E-state index is -5.01. The lowest BCUT2D eigenvalue weighted by Gasteiger charge is -2.27. The van der Waals surface area contributed by atoms with Gasteiger partial charge in [-0.1, -0.05) is 0 Å². The second-order valence-corrected chi connectivity index (χ2v) is 5.79. The van der Waals surface area contributed by atoms with Gasteiger partial charge >= 0.3 is 18.5 Å². The van der Waals surface area contributed by atoms with E-state index in [1.54, 1.807) is 0 Å². The van der Waals surface area contributed by atoms with Crippen LogP contribution in [0.4, 0.5) is 45.2 Å². The van der Waals surface area contributed by atoms with Gasteiger partial charge in [-0.2, -0.15) is 44.0 Å². The van der Waals surface area contributed by atoms with Crippen molar-refractivity contribution in [3.05, 3.63) is 29.8 Å². The van der Waals surface area contributed by atoms with Gasteiger partial charge in [-0.3, -0.25) is 0 Å². The summed E-state index contributed by atoms with van der Waals surface area (Å²) in [6.45, 7) is -3.99. The number of anilines is 1. The van der Waals surface area contributed by atoms with Crippen LogP contribution in [0.25, 0.3) is 16.6 Å². The monoisotopic (exact) mass is 417 g/mol. The summed E-state index contributed by atoms with van der Waals surface area (Å²) in [5.74, 6) is 0. The van der Waals surface area contributed by atoms with Gasteiger partial charge in [-0.25, -0.2) is 0 Å². The van der Waals surface area contributed by atoms with Crippen molar-refractivity contribution in [2.24, 2.45) is 0 Å². The van der Waals surface area contributed by atoms with E-state index in [1.807, 2.05) is 0 Å². The fraction of sp³-hybridized carbons (Fsp3) is 0.357. The lowest BCUT2D eigenvalue weighted by atomic mass is 10.1. The van der Waals surface area contributed by atoms with Gasteiger partial charge in [0.2, 0.25) is 0 Å². The van der Waals surface area contributed by atoms with Gasteiger partial charge in [-0.05, 0) is 34.7 Å². The van der Waals surface area contributed by atoms with Gasteiger partial charge in [0, 0.05) is 11.1 Å². The van der Waals surface area contributed by atoms with Crippen molar-refractivity contribution >= 4 is 22.2 Å². The van der Waals surface area contributed by atoms with Gasteiger partial charge in [-0.15, -0.1) is 5.10 Å². The Hall–Kier alpha value is -2.80. The fourth-order valence-electron chi connectivity index (χ4n) is 2.69. The summed E-state index contributed by atoms with van der Waals surface area (Å²) in [6.07, 6.45) is -15.0. The highest BCUT2D eigenvalue weighted by atomic mass is 19.4. The summed E-state index contributed by atoms with van der Waals surface area (Å²) >= 11 is 0. The zero-order valence-corrected chi connectivity index (χ0v) is 13.4. The van der Waals surface area contributed by atoms with Crippen LogP contribution >= 0.6 is 0 Å². The number of halogens is 9. The smallest absolute Gasteiger partial charge is 0.353 e. The Bertz CT molecular complexity index is 986. The molecule has 0 fully saturated rings. The molecule has 0 N–H and O–H groups in total. The van der Waals surface area contributed by atoms with E-state index in [9.17, 15) is 39.5 Å². The van der Waals surface area contributed by atoms with E-state index in [2.05, 4.69) is 15.5 Å². The summed E-state index contributed by atoms with van der Waals surface area (Å²) in [7, 11) is 0. The molecule has 5 nitrogen and oxygen atoms in total. The lowest BCUT2D eigenvalue weighted by molar-refractivity contribution is -0.138. The van der Waals surface area contributed by atoms with Crippen LogP contribution in [0.3, 0.4) is 0 Å². The Labute approximate surface area is 149 Å². The van der Waals surface area contributed by atoms with Crippen molar-refractivity contribution in [2.45, 2.75) is 18.5 Å². The van der Waals surface area contributed by atoms with Crippen LogP contribution in [0.1, 0.15) is 5.56 Å². The molecule has 0 saturated carbocycles. The first-order valence-corrected chi connectivity index (χ1v) is 7.35. The molecule has 1 aromatic carbocycles. The molecule has 0 unspecified atom stereocenters. The maximum Gasteiger partial charge on any atom is 0.417 e. The Balaban J connectivity index is 2.22. The minimum absolute atomic E-state index is 0.0939. The van der Waals surface area contributed by atoms with Crippen LogP contribution in [-0.2, 0) is 6.18 Å². The summed E-state index contributed by atoms with van der Waals surface area (Å²) in [4.78, 5) is -0.0939. The third-order valence-electron chi connectivity index (χ3n) is 3.68. The van der Waals surface area contributed by atoms with Gasteiger partial charge in [0.15, 0.2) is 5.65 Å². The molecule has 152 valence electrons. The first kappa shape index (κ1) is 19.9. The van der Waals surface area contributed by atoms with Crippen molar-refractivity contribution in [1.82, 2.24) is 20.0 Å². The van der Waals surface area contributed by atoms with Crippen molar-refractivity contribution in [3.8, 4) is 0 Å². The lowest BCUT2D eigenvalue weighted by Crippen LogP contribution is -2.40. The van der Waals surface area contributed by atoms with Crippen LogP contribution in [0.5, 0.6) is 0 Å². The second-order valence-electron chi connectivity index (χ2n) is 5.79. The SMILES string of the molecule is FC(F)(F)CN(CC(F)(F)F)c1ccc2c(c1)c(C(F)(F)F)cc1nnnn12.